The molecule has 110 valence electrons. The Balaban J connectivity index is 2.10. The summed E-state index contributed by atoms with van der Waals surface area (Å²) in [5.74, 6) is -3.64. The van der Waals surface area contributed by atoms with Crippen LogP contribution in [0.4, 0.5) is 24.5 Å². The molecule has 0 aliphatic heterocycles. The Bertz CT molecular complexity index is 647. The number of hydrogen-bond acceptors (Lipinski definition) is 3. The van der Waals surface area contributed by atoms with Crippen molar-refractivity contribution in [1.82, 2.24) is 0 Å². The van der Waals surface area contributed by atoms with Gasteiger partial charge < -0.3 is 11.1 Å². The molecule has 0 aliphatic rings. The molecule has 1 amide bonds. The first-order valence-corrected chi connectivity index (χ1v) is 6.75. The van der Waals surface area contributed by atoms with E-state index in [0.717, 1.165) is 12.1 Å². The zero-order chi connectivity index (χ0) is 15.4. The molecule has 3 nitrogen and oxygen atoms in total. The van der Waals surface area contributed by atoms with Crippen LogP contribution >= 0.6 is 11.8 Å². The molecule has 3 N–H and O–H groups in total. The quantitative estimate of drug-likeness (QED) is 0.663. The Labute approximate surface area is 123 Å². The molecule has 2 aromatic carbocycles. The molecule has 0 saturated carbocycles. The van der Waals surface area contributed by atoms with E-state index in [1.165, 1.54) is 30.3 Å². The van der Waals surface area contributed by atoms with Gasteiger partial charge in [0, 0.05) is 16.3 Å². The normalized spacial score (nSPS) is 10.7. The van der Waals surface area contributed by atoms with Crippen LogP contribution in [-0.4, -0.2) is 11.7 Å². The molecule has 2 rings (SSSR count). The summed E-state index contributed by atoms with van der Waals surface area (Å²) in [5.41, 5.74) is 6.18. The minimum Gasteiger partial charge on any atom is -0.398 e. The first-order valence-electron chi connectivity index (χ1n) is 5.87. The van der Waals surface area contributed by atoms with Crippen LogP contribution in [0, 0.1) is 5.82 Å². The number of halogens is 3. The molecule has 0 saturated heterocycles. The summed E-state index contributed by atoms with van der Waals surface area (Å²) in [6.07, 6.45) is 0. The monoisotopic (exact) mass is 312 g/mol. The van der Waals surface area contributed by atoms with E-state index >= 15 is 0 Å². The molecule has 0 bridgehead atoms. The number of carbonyl (C=O) groups is 1. The maximum Gasteiger partial charge on any atom is 0.288 e. The number of anilines is 2. The van der Waals surface area contributed by atoms with Crippen LogP contribution < -0.4 is 11.1 Å². The van der Waals surface area contributed by atoms with Crippen molar-refractivity contribution >= 4 is 29.0 Å². The van der Waals surface area contributed by atoms with Crippen LogP contribution in [-0.2, 0) is 0 Å². The molecule has 0 unspecified atom stereocenters. The molecule has 2 aromatic rings. The maximum absolute atomic E-state index is 13.1. The Morgan fingerprint density at radius 3 is 2.43 bits per heavy atom. The fourth-order valence-electron chi connectivity index (χ4n) is 1.64. The van der Waals surface area contributed by atoms with Gasteiger partial charge in [-0.15, -0.1) is 0 Å². The van der Waals surface area contributed by atoms with Crippen molar-refractivity contribution < 1.29 is 18.0 Å². The van der Waals surface area contributed by atoms with E-state index in [2.05, 4.69) is 5.32 Å². The molecular formula is C14H11F3N2OS. The molecule has 0 spiro atoms. The third kappa shape index (κ3) is 4.16. The minimum atomic E-state index is -2.50. The van der Waals surface area contributed by atoms with Crippen molar-refractivity contribution in [1.29, 1.82) is 0 Å². The largest absolute Gasteiger partial charge is 0.398 e. The summed E-state index contributed by atoms with van der Waals surface area (Å²) < 4.78 is 37.5. The summed E-state index contributed by atoms with van der Waals surface area (Å²) in [4.78, 5) is 12.3. The van der Waals surface area contributed by atoms with Gasteiger partial charge in [0.25, 0.3) is 11.7 Å². The zero-order valence-electron chi connectivity index (χ0n) is 10.6. The fraction of sp³-hybridized carbons (Fsp3) is 0.0714. The second-order valence-corrected chi connectivity index (χ2v) is 5.15. The lowest BCUT2D eigenvalue weighted by Crippen LogP contribution is -2.14. The van der Waals surface area contributed by atoms with Crippen molar-refractivity contribution in [3.63, 3.8) is 0 Å². The zero-order valence-corrected chi connectivity index (χ0v) is 11.5. The average molecular weight is 312 g/mol. The molecule has 7 heteroatoms. The van der Waals surface area contributed by atoms with Crippen LogP contribution in [0.25, 0.3) is 0 Å². The Hall–Kier alpha value is -2.15. The van der Waals surface area contributed by atoms with E-state index in [-0.39, 0.29) is 11.3 Å². The van der Waals surface area contributed by atoms with Crippen LogP contribution in [0.3, 0.4) is 0 Å². The predicted octanol–water partition coefficient (Wildman–Crippen LogP) is 3.97. The topological polar surface area (TPSA) is 55.1 Å². The fourth-order valence-corrected chi connectivity index (χ4v) is 2.14. The van der Waals surface area contributed by atoms with Crippen LogP contribution in [0.2, 0.25) is 0 Å². The number of benzene rings is 2. The van der Waals surface area contributed by atoms with Crippen molar-refractivity contribution in [2.24, 2.45) is 0 Å². The number of rotatable bonds is 4. The Morgan fingerprint density at radius 1 is 1.14 bits per heavy atom. The van der Waals surface area contributed by atoms with Gasteiger partial charge in [-0.05, 0) is 42.5 Å². The van der Waals surface area contributed by atoms with Crippen LogP contribution in [0.1, 0.15) is 10.4 Å². The first-order chi connectivity index (χ1) is 9.95. The van der Waals surface area contributed by atoms with Crippen molar-refractivity contribution in [3.05, 3.63) is 53.8 Å². The number of thioether (sulfide) groups is 1. The molecule has 0 radical (unpaired) electrons. The van der Waals surface area contributed by atoms with Crippen molar-refractivity contribution in [2.45, 2.75) is 10.7 Å². The number of amides is 1. The first kappa shape index (κ1) is 15.2. The maximum atomic E-state index is 13.1. The highest BCUT2D eigenvalue weighted by molar-refractivity contribution is 7.99. The highest BCUT2D eigenvalue weighted by Gasteiger charge is 2.11. The number of nitrogens with one attached hydrogen (secondary N) is 1. The number of hydrogen-bond donors (Lipinski definition) is 2. The third-order valence-corrected chi connectivity index (χ3v) is 3.32. The molecule has 0 aromatic heterocycles. The SMILES string of the molecule is Nc1ccc(F)cc1C(=O)Nc1ccc(SC(F)F)cc1. The smallest absolute Gasteiger partial charge is 0.288 e. The van der Waals surface area contributed by atoms with Crippen LogP contribution in [0.15, 0.2) is 47.4 Å². The number of nitrogens with two attached hydrogens (primary N) is 1. The minimum absolute atomic E-state index is 0.0148. The van der Waals surface area contributed by atoms with Crippen molar-refractivity contribution in [2.75, 3.05) is 11.1 Å². The van der Waals surface area contributed by atoms with Gasteiger partial charge in [-0.25, -0.2) is 4.39 Å². The number of alkyl halides is 2. The summed E-state index contributed by atoms with van der Waals surface area (Å²) in [6.45, 7) is 0. The highest BCUT2D eigenvalue weighted by atomic mass is 32.2. The lowest BCUT2D eigenvalue weighted by atomic mass is 10.1. The summed E-state index contributed by atoms with van der Waals surface area (Å²) in [6, 6.07) is 9.37. The predicted molar refractivity (Wildman–Crippen MR) is 77.1 cm³/mol. The second kappa shape index (κ2) is 6.53. The lowest BCUT2D eigenvalue weighted by molar-refractivity contribution is 0.102. The summed E-state index contributed by atoms with van der Waals surface area (Å²) in [5, 5.41) is 2.52. The van der Waals surface area contributed by atoms with E-state index in [1.54, 1.807) is 0 Å². The molecule has 0 fully saturated rings. The molecule has 0 aliphatic carbocycles. The van der Waals surface area contributed by atoms with Gasteiger partial charge in [-0.2, -0.15) is 8.78 Å². The Morgan fingerprint density at radius 2 is 1.81 bits per heavy atom. The van der Waals surface area contributed by atoms with Crippen LogP contribution in [0.5, 0.6) is 0 Å². The van der Waals surface area contributed by atoms with Gasteiger partial charge >= 0.3 is 0 Å². The van der Waals surface area contributed by atoms with Gasteiger partial charge in [0.05, 0.1) is 5.56 Å². The van der Waals surface area contributed by atoms with E-state index in [4.69, 9.17) is 5.73 Å². The molecule has 21 heavy (non-hydrogen) atoms. The molecular weight excluding hydrogens is 301 g/mol. The van der Waals surface area contributed by atoms with E-state index in [0.29, 0.717) is 22.3 Å². The Kier molecular flexibility index (Phi) is 4.74. The van der Waals surface area contributed by atoms with Gasteiger partial charge in [0.2, 0.25) is 0 Å². The standard InChI is InChI=1S/C14H11F3N2OS/c15-8-1-6-12(18)11(7-8)13(20)19-9-2-4-10(5-3-9)21-14(16)17/h1-7,14H,18H2,(H,19,20). The van der Waals surface area contributed by atoms with Crippen molar-refractivity contribution in [3.8, 4) is 0 Å². The lowest BCUT2D eigenvalue weighted by Gasteiger charge is -2.08. The van der Waals surface area contributed by atoms with E-state index in [1.807, 2.05) is 0 Å². The summed E-state index contributed by atoms with van der Waals surface area (Å²) >= 11 is 0.411. The number of carbonyl (C=O) groups excluding carboxylic acids is 1. The van der Waals surface area contributed by atoms with Gasteiger partial charge in [0.15, 0.2) is 0 Å². The average Bonchev–Trinajstić information content (AvgIpc) is 2.43. The summed E-state index contributed by atoms with van der Waals surface area (Å²) in [7, 11) is 0. The number of nitrogen functional groups attached to an aromatic ring is 1. The molecule has 0 heterocycles. The van der Waals surface area contributed by atoms with Gasteiger partial charge in [-0.1, -0.05) is 11.8 Å². The third-order valence-electron chi connectivity index (χ3n) is 2.60. The molecule has 0 atom stereocenters. The van der Waals surface area contributed by atoms with E-state index in [9.17, 15) is 18.0 Å². The second-order valence-electron chi connectivity index (χ2n) is 4.09. The highest BCUT2D eigenvalue weighted by Crippen LogP contribution is 2.26. The van der Waals surface area contributed by atoms with Gasteiger partial charge in [0.1, 0.15) is 5.82 Å². The van der Waals surface area contributed by atoms with Gasteiger partial charge in [-0.3, -0.25) is 4.79 Å². The van der Waals surface area contributed by atoms with E-state index < -0.39 is 17.5 Å².